The summed E-state index contributed by atoms with van der Waals surface area (Å²) in [7, 11) is 0. The molecule has 1 atom stereocenters. The second-order valence-electron chi connectivity index (χ2n) is 7.04. The van der Waals surface area contributed by atoms with E-state index in [2.05, 4.69) is 18.0 Å². The number of hydrogen-bond donors (Lipinski definition) is 1. The van der Waals surface area contributed by atoms with E-state index >= 15 is 0 Å². The summed E-state index contributed by atoms with van der Waals surface area (Å²) in [6.45, 7) is 12.9. The SMILES string of the molecule is C=C(CC/C=C\C)[C@H](COCc1ccccc1)NC(=O)C(C)(C)C. The highest BCUT2D eigenvalue weighted by atomic mass is 16.5. The summed E-state index contributed by atoms with van der Waals surface area (Å²) in [4.78, 5) is 12.3. The highest BCUT2D eigenvalue weighted by Gasteiger charge is 2.25. The average Bonchev–Trinajstić information content (AvgIpc) is 2.54. The molecular formula is C21H31NO2. The molecule has 0 spiro atoms. The van der Waals surface area contributed by atoms with Crippen LogP contribution in [0.1, 0.15) is 46.1 Å². The van der Waals surface area contributed by atoms with E-state index in [0.717, 1.165) is 24.0 Å². The zero-order valence-corrected chi connectivity index (χ0v) is 15.5. The number of benzene rings is 1. The molecule has 1 amide bonds. The normalized spacial score (nSPS) is 13.0. The highest BCUT2D eigenvalue weighted by molar-refractivity contribution is 5.81. The number of ether oxygens (including phenoxy) is 1. The summed E-state index contributed by atoms with van der Waals surface area (Å²) >= 11 is 0. The molecule has 132 valence electrons. The first-order valence-corrected chi connectivity index (χ1v) is 8.56. The maximum atomic E-state index is 12.3. The molecule has 24 heavy (non-hydrogen) atoms. The number of amides is 1. The molecule has 1 aromatic rings. The van der Waals surface area contributed by atoms with Gasteiger partial charge in [-0.25, -0.2) is 0 Å². The van der Waals surface area contributed by atoms with Gasteiger partial charge in [-0.05, 0) is 25.3 Å². The molecule has 0 heterocycles. The Hall–Kier alpha value is -1.87. The zero-order valence-electron chi connectivity index (χ0n) is 15.5. The Morgan fingerprint density at radius 1 is 1.29 bits per heavy atom. The molecule has 1 aromatic carbocycles. The van der Waals surface area contributed by atoms with Crippen LogP contribution in [0.25, 0.3) is 0 Å². The van der Waals surface area contributed by atoms with Gasteiger partial charge in [0.2, 0.25) is 5.91 Å². The molecule has 0 radical (unpaired) electrons. The van der Waals surface area contributed by atoms with Crippen LogP contribution in [0, 0.1) is 5.41 Å². The molecule has 0 fully saturated rings. The fourth-order valence-corrected chi connectivity index (χ4v) is 2.11. The van der Waals surface area contributed by atoms with Crippen molar-refractivity contribution < 1.29 is 9.53 Å². The summed E-state index contributed by atoms with van der Waals surface area (Å²) in [6, 6.07) is 9.87. The fraction of sp³-hybridized carbons (Fsp3) is 0.476. The van der Waals surface area contributed by atoms with Crippen LogP contribution in [0.15, 0.2) is 54.6 Å². The number of carbonyl (C=O) groups is 1. The number of nitrogens with one attached hydrogen (secondary N) is 1. The summed E-state index contributed by atoms with van der Waals surface area (Å²) in [6.07, 6.45) is 5.91. The molecule has 0 aromatic heterocycles. The van der Waals surface area contributed by atoms with Crippen LogP contribution in [0.3, 0.4) is 0 Å². The molecular weight excluding hydrogens is 298 g/mol. The van der Waals surface area contributed by atoms with Gasteiger partial charge in [0.05, 0.1) is 19.3 Å². The second-order valence-corrected chi connectivity index (χ2v) is 7.04. The largest absolute Gasteiger partial charge is 0.374 e. The van der Waals surface area contributed by atoms with Gasteiger partial charge in [-0.3, -0.25) is 4.79 Å². The minimum absolute atomic E-state index is 0.0167. The lowest BCUT2D eigenvalue weighted by atomic mass is 9.94. The van der Waals surface area contributed by atoms with Crippen molar-refractivity contribution in [3.63, 3.8) is 0 Å². The quantitative estimate of drug-likeness (QED) is 0.670. The number of allylic oxidation sites excluding steroid dienone is 2. The van der Waals surface area contributed by atoms with Crippen LogP contribution >= 0.6 is 0 Å². The van der Waals surface area contributed by atoms with Crippen molar-refractivity contribution in [2.45, 2.75) is 53.2 Å². The highest BCUT2D eigenvalue weighted by Crippen LogP contribution is 2.16. The van der Waals surface area contributed by atoms with E-state index in [9.17, 15) is 4.79 Å². The van der Waals surface area contributed by atoms with Gasteiger partial charge < -0.3 is 10.1 Å². The average molecular weight is 329 g/mol. The number of carbonyl (C=O) groups excluding carboxylic acids is 1. The van der Waals surface area contributed by atoms with E-state index < -0.39 is 5.41 Å². The minimum atomic E-state index is -0.429. The van der Waals surface area contributed by atoms with E-state index in [1.54, 1.807) is 0 Å². The van der Waals surface area contributed by atoms with Gasteiger partial charge in [0.25, 0.3) is 0 Å². The monoisotopic (exact) mass is 329 g/mol. The standard InChI is InChI=1S/C21H31NO2/c1-6-7-9-12-17(2)19(22-20(23)21(3,4)5)16-24-15-18-13-10-8-11-14-18/h6-8,10-11,13-14,19H,2,9,12,15-16H2,1,3-5H3,(H,22,23)/b7-6-/t19-/m0/s1. The third kappa shape index (κ3) is 7.60. The molecule has 0 saturated heterocycles. The lowest BCUT2D eigenvalue weighted by molar-refractivity contribution is -0.129. The van der Waals surface area contributed by atoms with Crippen molar-refractivity contribution in [1.29, 1.82) is 0 Å². The number of rotatable bonds is 9. The third-order valence-corrected chi connectivity index (χ3v) is 3.74. The van der Waals surface area contributed by atoms with Crippen LogP contribution in [0.5, 0.6) is 0 Å². The lowest BCUT2D eigenvalue weighted by Gasteiger charge is -2.26. The van der Waals surface area contributed by atoms with Crippen LogP contribution in [0.4, 0.5) is 0 Å². The molecule has 0 saturated carbocycles. The Labute approximate surface area is 146 Å². The Morgan fingerprint density at radius 3 is 2.54 bits per heavy atom. The van der Waals surface area contributed by atoms with E-state index in [1.807, 2.05) is 64.1 Å². The van der Waals surface area contributed by atoms with Crippen molar-refractivity contribution in [1.82, 2.24) is 5.32 Å². The van der Waals surface area contributed by atoms with Crippen molar-refractivity contribution in [2.75, 3.05) is 6.61 Å². The summed E-state index contributed by atoms with van der Waals surface area (Å²) in [5.41, 5.74) is 1.69. The molecule has 0 aliphatic rings. The van der Waals surface area contributed by atoms with Crippen molar-refractivity contribution in [3.05, 3.63) is 60.2 Å². The molecule has 0 aliphatic heterocycles. The van der Waals surface area contributed by atoms with Gasteiger partial charge in [0.15, 0.2) is 0 Å². The molecule has 1 rings (SSSR count). The van der Waals surface area contributed by atoms with E-state index in [0.29, 0.717) is 13.2 Å². The van der Waals surface area contributed by atoms with Crippen LogP contribution in [0.2, 0.25) is 0 Å². The Morgan fingerprint density at radius 2 is 1.96 bits per heavy atom. The van der Waals surface area contributed by atoms with E-state index in [1.165, 1.54) is 0 Å². The van der Waals surface area contributed by atoms with Crippen molar-refractivity contribution in [3.8, 4) is 0 Å². The number of hydrogen-bond acceptors (Lipinski definition) is 2. The van der Waals surface area contributed by atoms with Crippen LogP contribution < -0.4 is 5.32 Å². The third-order valence-electron chi connectivity index (χ3n) is 3.74. The Kier molecular flexibility index (Phi) is 8.48. The molecule has 0 aliphatic carbocycles. The van der Waals surface area contributed by atoms with Gasteiger partial charge in [-0.15, -0.1) is 0 Å². The first kappa shape index (κ1) is 20.2. The van der Waals surface area contributed by atoms with Crippen LogP contribution in [-0.2, 0) is 16.1 Å². The first-order valence-electron chi connectivity index (χ1n) is 8.56. The molecule has 3 nitrogen and oxygen atoms in total. The maximum Gasteiger partial charge on any atom is 0.225 e. The first-order chi connectivity index (χ1) is 11.3. The fourth-order valence-electron chi connectivity index (χ4n) is 2.11. The predicted octanol–water partition coefficient (Wildman–Crippen LogP) is 4.65. The summed E-state index contributed by atoms with van der Waals surface area (Å²) in [5, 5.41) is 3.08. The van der Waals surface area contributed by atoms with Crippen molar-refractivity contribution >= 4 is 5.91 Å². The van der Waals surface area contributed by atoms with Crippen LogP contribution in [-0.4, -0.2) is 18.6 Å². The predicted molar refractivity (Wildman–Crippen MR) is 101 cm³/mol. The van der Waals surface area contributed by atoms with E-state index in [-0.39, 0.29) is 11.9 Å². The maximum absolute atomic E-state index is 12.3. The smallest absolute Gasteiger partial charge is 0.225 e. The minimum Gasteiger partial charge on any atom is -0.374 e. The lowest BCUT2D eigenvalue weighted by Crippen LogP contribution is -2.44. The van der Waals surface area contributed by atoms with Gasteiger partial charge in [-0.1, -0.05) is 75.4 Å². The van der Waals surface area contributed by atoms with E-state index in [4.69, 9.17) is 4.74 Å². The topological polar surface area (TPSA) is 38.3 Å². The Bertz CT molecular complexity index is 541. The van der Waals surface area contributed by atoms with Gasteiger partial charge >= 0.3 is 0 Å². The second kappa shape index (κ2) is 10.1. The van der Waals surface area contributed by atoms with Gasteiger partial charge in [0.1, 0.15) is 0 Å². The van der Waals surface area contributed by atoms with Gasteiger partial charge in [0, 0.05) is 5.41 Å². The van der Waals surface area contributed by atoms with Crippen molar-refractivity contribution in [2.24, 2.45) is 5.41 Å². The molecule has 1 N–H and O–H groups in total. The molecule has 0 unspecified atom stereocenters. The summed E-state index contributed by atoms with van der Waals surface area (Å²) < 4.78 is 5.83. The molecule has 0 bridgehead atoms. The van der Waals surface area contributed by atoms with Gasteiger partial charge in [-0.2, -0.15) is 0 Å². The molecule has 3 heteroatoms. The Balaban J connectivity index is 2.62. The zero-order chi connectivity index (χ0) is 18.0. The summed E-state index contributed by atoms with van der Waals surface area (Å²) in [5.74, 6) is 0.0167.